The first-order chi connectivity index (χ1) is 16.6. The summed E-state index contributed by atoms with van der Waals surface area (Å²) in [4.78, 5) is 37.5. The minimum absolute atomic E-state index is 0.0525. The highest BCUT2D eigenvalue weighted by Crippen LogP contribution is 2.32. The predicted molar refractivity (Wildman–Crippen MR) is 133 cm³/mol. The maximum atomic E-state index is 14.7. The highest BCUT2D eigenvalue weighted by Gasteiger charge is 2.23. The van der Waals surface area contributed by atoms with Crippen molar-refractivity contribution in [3.8, 4) is 11.3 Å². The summed E-state index contributed by atoms with van der Waals surface area (Å²) in [6, 6.07) is 10.3. The summed E-state index contributed by atoms with van der Waals surface area (Å²) in [5.41, 5.74) is 0.731. The Bertz CT molecular complexity index is 1640. The number of hydrogen-bond acceptors (Lipinski definition) is 6. The second-order valence-corrected chi connectivity index (χ2v) is 8.13. The number of anilines is 2. The molecule has 0 saturated carbocycles. The van der Waals surface area contributed by atoms with Gasteiger partial charge in [-0.25, -0.2) is 9.07 Å². The number of fused-ring (bicyclic) bond motifs is 1. The third-order valence-corrected chi connectivity index (χ3v) is 5.73. The second kappa shape index (κ2) is 8.98. The lowest BCUT2D eigenvalue weighted by molar-refractivity contribution is -0.384. The molecule has 0 spiro atoms. The number of nitro groups is 1. The Kier molecular flexibility index (Phi) is 6.04. The Hall–Kier alpha value is -4.60. The minimum Gasteiger partial charge on any atom is -0.352 e. The maximum Gasteiger partial charge on any atom is 0.278 e. The number of non-ortho nitro benzene ring substituents is 1. The van der Waals surface area contributed by atoms with Crippen LogP contribution >= 0.6 is 0 Å². The summed E-state index contributed by atoms with van der Waals surface area (Å²) in [6.07, 6.45) is 1.49. The van der Waals surface area contributed by atoms with Gasteiger partial charge in [-0.2, -0.15) is 5.10 Å². The van der Waals surface area contributed by atoms with Crippen molar-refractivity contribution in [3.63, 3.8) is 0 Å². The van der Waals surface area contributed by atoms with Crippen LogP contribution in [0.4, 0.5) is 21.5 Å². The number of pyridine rings is 1. The Balaban J connectivity index is 2.15. The highest BCUT2D eigenvalue weighted by atomic mass is 19.1. The van der Waals surface area contributed by atoms with E-state index in [4.69, 9.17) is 0 Å². The van der Waals surface area contributed by atoms with Crippen LogP contribution < -0.4 is 16.4 Å². The maximum absolute atomic E-state index is 14.7. The van der Waals surface area contributed by atoms with Gasteiger partial charge in [0, 0.05) is 30.3 Å². The molecule has 2 aromatic heterocycles. The van der Waals surface area contributed by atoms with Crippen molar-refractivity contribution in [3.05, 3.63) is 103 Å². The number of allylic oxidation sites excluding steroid dienone is 1. The minimum atomic E-state index is -0.544. The van der Waals surface area contributed by atoms with E-state index in [1.807, 2.05) is 0 Å². The van der Waals surface area contributed by atoms with E-state index >= 15 is 0 Å². The fraction of sp³-hybridized carbons (Fsp3) is 0.160. The van der Waals surface area contributed by atoms with Gasteiger partial charge in [-0.15, -0.1) is 6.58 Å². The van der Waals surface area contributed by atoms with Gasteiger partial charge >= 0.3 is 0 Å². The summed E-state index contributed by atoms with van der Waals surface area (Å²) in [6.45, 7) is 7.01. The van der Waals surface area contributed by atoms with Gasteiger partial charge in [0.15, 0.2) is 0 Å². The average molecular weight is 475 g/mol. The van der Waals surface area contributed by atoms with Crippen LogP contribution in [0.5, 0.6) is 0 Å². The fourth-order valence-electron chi connectivity index (χ4n) is 3.98. The molecule has 4 rings (SSSR count). The van der Waals surface area contributed by atoms with Crippen LogP contribution in [0.3, 0.4) is 0 Å². The fourth-order valence-corrected chi connectivity index (χ4v) is 3.98. The molecule has 4 aromatic rings. The highest BCUT2D eigenvalue weighted by molar-refractivity contribution is 6.00. The number of aryl methyl sites for hydroxylation is 2. The van der Waals surface area contributed by atoms with Gasteiger partial charge in [-0.1, -0.05) is 24.3 Å². The first-order valence-electron chi connectivity index (χ1n) is 10.7. The Labute approximate surface area is 198 Å². The summed E-state index contributed by atoms with van der Waals surface area (Å²) in [5.74, 6) is -0.544. The van der Waals surface area contributed by atoms with Crippen molar-refractivity contribution in [1.29, 1.82) is 0 Å². The molecule has 0 bridgehead atoms. The van der Waals surface area contributed by atoms with E-state index in [0.717, 1.165) is 4.68 Å². The third kappa shape index (κ3) is 4.10. The van der Waals surface area contributed by atoms with Gasteiger partial charge in [0.2, 0.25) is 0 Å². The standard InChI is InChI=1S/C25H22FN5O4/c1-5-11-30-25(33)20-21(27-19-10-9-14(2)12-18(19)26)15(3)24(32)29(4)23(20)22(28-30)16-7-6-8-17(13-16)31(34)35/h5-10,12-13,27H,1,11H2,2-4H3. The Morgan fingerprint density at radius 3 is 2.57 bits per heavy atom. The molecule has 35 heavy (non-hydrogen) atoms. The number of aromatic nitrogens is 3. The lowest BCUT2D eigenvalue weighted by Gasteiger charge is -2.19. The molecule has 2 aromatic carbocycles. The van der Waals surface area contributed by atoms with Gasteiger partial charge in [0.05, 0.1) is 33.7 Å². The molecule has 0 atom stereocenters. The van der Waals surface area contributed by atoms with Crippen LogP contribution in [-0.2, 0) is 13.6 Å². The largest absolute Gasteiger partial charge is 0.352 e. The lowest BCUT2D eigenvalue weighted by Crippen LogP contribution is -2.30. The number of rotatable bonds is 6. The normalized spacial score (nSPS) is 11.0. The van der Waals surface area contributed by atoms with Crippen molar-refractivity contribution in [2.75, 3.05) is 5.32 Å². The Morgan fingerprint density at radius 2 is 1.91 bits per heavy atom. The van der Waals surface area contributed by atoms with E-state index in [1.165, 1.54) is 48.0 Å². The molecule has 0 amide bonds. The number of hydrogen-bond donors (Lipinski definition) is 1. The second-order valence-electron chi connectivity index (χ2n) is 8.13. The quantitative estimate of drug-likeness (QED) is 0.252. The van der Waals surface area contributed by atoms with Crippen molar-refractivity contribution >= 4 is 28.0 Å². The third-order valence-electron chi connectivity index (χ3n) is 5.73. The number of benzene rings is 2. The van der Waals surface area contributed by atoms with Gasteiger partial charge in [-0.05, 0) is 31.5 Å². The van der Waals surface area contributed by atoms with Gasteiger partial charge in [-0.3, -0.25) is 19.7 Å². The molecule has 9 nitrogen and oxygen atoms in total. The van der Waals surface area contributed by atoms with E-state index in [-0.39, 0.29) is 45.8 Å². The number of nitro benzene ring substituents is 1. The monoisotopic (exact) mass is 475 g/mol. The van der Waals surface area contributed by atoms with E-state index in [1.54, 1.807) is 26.0 Å². The zero-order valence-corrected chi connectivity index (χ0v) is 19.3. The molecule has 0 radical (unpaired) electrons. The van der Waals surface area contributed by atoms with Crippen LogP contribution in [0.2, 0.25) is 0 Å². The van der Waals surface area contributed by atoms with Crippen LogP contribution in [0.25, 0.3) is 22.2 Å². The molecule has 178 valence electrons. The first kappa shape index (κ1) is 23.6. The molecule has 0 saturated heterocycles. The first-order valence-corrected chi connectivity index (χ1v) is 10.7. The molecule has 0 aliphatic rings. The average Bonchev–Trinajstić information content (AvgIpc) is 2.83. The predicted octanol–water partition coefficient (Wildman–Crippen LogP) is 4.36. The summed E-state index contributed by atoms with van der Waals surface area (Å²) in [7, 11) is 1.49. The van der Waals surface area contributed by atoms with Crippen molar-refractivity contribution in [2.45, 2.75) is 20.4 Å². The van der Waals surface area contributed by atoms with E-state index in [0.29, 0.717) is 11.1 Å². The molecule has 0 aliphatic carbocycles. The van der Waals surface area contributed by atoms with Crippen LogP contribution in [0.15, 0.2) is 64.7 Å². The molecule has 0 unspecified atom stereocenters. The van der Waals surface area contributed by atoms with Crippen LogP contribution in [0, 0.1) is 29.8 Å². The lowest BCUT2D eigenvalue weighted by atomic mass is 10.0. The van der Waals surface area contributed by atoms with Crippen molar-refractivity contribution in [2.24, 2.45) is 7.05 Å². The summed E-state index contributed by atoms with van der Waals surface area (Å²) >= 11 is 0. The van der Waals surface area contributed by atoms with Crippen molar-refractivity contribution in [1.82, 2.24) is 14.3 Å². The number of halogens is 1. The van der Waals surface area contributed by atoms with Gasteiger partial charge < -0.3 is 9.88 Å². The van der Waals surface area contributed by atoms with Crippen LogP contribution in [-0.4, -0.2) is 19.3 Å². The molecule has 0 aliphatic heterocycles. The zero-order chi connectivity index (χ0) is 25.4. The molecular weight excluding hydrogens is 453 g/mol. The summed E-state index contributed by atoms with van der Waals surface area (Å²) in [5, 5.41) is 18.8. The number of nitrogens with zero attached hydrogens (tertiary/aromatic N) is 4. The zero-order valence-electron chi connectivity index (χ0n) is 19.3. The molecular formula is C25H22FN5O4. The number of nitrogens with one attached hydrogen (secondary N) is 1. The topological polar surface area (TPSA) is 112 Å². The SMILES string of the molecule is C=CCn1nc(-c2cccc([N+](=O)[O-])c2)c2c(c(Nc3ccc(C)cc3F)c(C)c(=O)n2C)c1=O. The van der Waals surface area contributed by atoms with E-state index < -0.39 is 21.9 Å². The molecule has 2 heterocycles. The van der Waals surface area contributed by atoms with Crippen LogP contribution in [0.1, 0.15) is 11.1 Å². The van der Waals surface area contributed by atoms with Crippen molar-refractivity contribution < 1.29 is 9.31 Å². The van der Waals surface area contributed by atoms with Gasteiger partial charge in [0.1, 0.15) is 11.5 Å². The molecule has 10 heteroatoms. The molecule has 1 N–H and O–H groups in total. The Morgan fingerprint density at radius 1 is 1.17 bits per heavy atom. The van der Waals surface area contributed by atoms with E-state index in [2.05, 4.69) is 17.0 Å². The van der Waals surface area contributed by atoms with Gasteiger partial charge in [0.25, 0.3) is 16.8 Å². The van der Waals surface area contributed by atoms with E-state index in [9.17, 15) is 24.1 Å². The molecule has 0 fully saturated rings. The smallest absolute Gasteiger partial charge is 0.278 e. The summed E-state index contributed by atoms with van der Waals surface area (Å²) < 4.78 is 17.1.